The van der Waals surface area contributed by atoms with Crippen molar-refractivity contribution in [2.24, 2.45) is 5.41 Å². The summed E-state index contributed by atoms with van der Waals surface area (Å²) in [6.45, 7) is 38.3. The molecule has 1 amide bonds. The standard InChI is InChI=1S/C33H52N2O.C14H25N3.CH2O/c1-11-16-18-25(12-2)30(23-34-10)28-21-26(13-3)29(27(14-4)22-28)19-17-20-31(36)35-33(8,9)24-32(6,7)15-5;1-6-14(8-7-12(2)15-4)17-10-9-16(5)11-13(17)3;1-2/h12,15-16,18,21-23,34H,5,11,13-14,17,19-20,24H2,1-4,6-10H3,(H,35,36);6,14-15H,1-3,7-11H2,4-5H3;1H2/b18-16-,25-12-,30-23+;;. The van der Waals surface area contributed by atoms with E-state index in [0.29, 0.717) is 12.5 Å². The molecule has 1 aromatic rings. The second-order valence-electron chi connectivity index (χ2n) is 15.7. The molecule has 0 aliphatic carbocycles. The lowest BCUT2D eigenvalue weighted by atomic mass is 9.80. The number of aryl methyl sites for hydroxylation is 2. The summed E-state index contributed by atoms with van der Waals surface area (Å²) >= 11 is 0. The Labute approximate surface area is 337 Å². The molecular weight excluding hydrogens is 679 g/mol. The molecular formula is C48H79N5O2. The minimum Gasteiger partial charge on any atom is -0.393 e. The van der Waals surface area contributed by atoms with Crippen molar-refractivity contribution in [1.82, 2.24) is 25.8 Å². The quantitative estimate of drug-likeness (QED) is 0.0857. The van der Waals surface area contributed by atoms with Gasteiger partial charge < -0.3 is 25.6 Å². The Hall–Kier alpha value is -4.10. The molecule has 308 valence electrons. The van der Waals surface area contributed by atoms with Gasteiger partial charge in [-0.15, -0.1) is 13.2 Å². The van der Waals surface area contributed by atoms with E-state index >= 15 is 0 Å². The van der Waals surface area contributed by atoms with Gasteiger partial charge >= 0.3 is 0 Å². The van der Waals surface area contributed by atoms with E-state index in [-0.39, 0.29) is 16.9 Å². The van der Waals surface area contributed by atoms with Crippen molar-refractivity contribution in [3.05, 3.63) is 114 Å². The molecule has 1 aliphatic rings. The van der Waals surface area contributed by atoms with Gasteiger partial charge in [-0.25, -0.2) is 0 Å². The van der Waals surface area contributed by atoms with E-state index in [2.05, 4.69) is 151 Å². The Kier molecular flexibility index (Phi) is 24.7. The van der Waals surface area contributed by atoms with Crippen LogP contribution < -0.4 is 16.0 Å². The Balaban J connectivity index is 0.00000127. The summed E-state index contributed by atoms with van der Waals surface area (Å²) in [7, 11) is 6.01. The van der Waals surface area contributed by atoms with E-state index in [4.69, 9.17) is 4.79 Å². The molecule has 7 nitrogen and oxygen atoms in total. The summed E-state index contributed by atoms with van der Waals surface area (Å²) < 4.78 is 0. The summed E-state index contributed by atoms with van der Waals surface area (Å²) in [6, 6.07) is 5.07. The van der Waals surface area contributed by atoms with Crippen molar-refractivity contribution in [3.8, 4) is 0 Å². The number of allylic oxidation sites excluding steroid dienone is 7. The molecule has 1 atom stereocenters. The molecule has 3 N–H and O–H groups in total. The molecule has 55 heavy (non-hydrogen) atoms. The maximum Gasteiger partial charge on any atom is 0.220 e. The highest BCUT2D eigenvalue weighted by molar-refractivity contribution is 5.82. The van der Waals surface area contributed by atoms with Crippen LogP contribution in [0.5, 0.6) is 0 Å². The molecule has 0 saturated carbocycles. The topological polar surface area (TPSA) is 76.7 Å². The van der Waals surface area contributed by atoms with Crippen LogP contribution in [-0.4, -0.2) is 74.9 Å². The minimum atomic E-state index is -0.258. The molecule has 1 unspecified atom stereocenters. The number of hydrogen-bond donors (Lipinski definition) is 3. The number of piperazine rings is 1. The van der Waals surface area contributed by atoms with Crippen LogP contribution in [-0.2, 0) is 28.9 Å². The number of hydrogen-bond acceptors (Lipinski definition) is 6. The predicted octanol–water partition coefficient (Wildman–Crippen LogP) is 9.73. The van der Waals surface area contributed by atoms with Gasteiger partial charge in [-0.05, 0) is 112 Å². The van der Waals surface area contributed by atoms with Crippen LogP contribution in [0.3, 0.4) is 0 Å². The van der Waals surface area contributed by atoms with Gasteiger partial charge in [-0.1, -0.05) is 90.3 Å². The Morgan fingerprint density at radius 3 is 2.09 bits per heavy atom. The number of benzene rings is 1. The lowest BCUT2D eigenvalue weighted by Gasteiger charge is -2.40. The first-order chi connectivity index (χ1) is 26.0. The van der Waals surface area contributed by atoms with Crippen LogP contribution in [0.15, 0.2) is 92.0 Å². The molecule has 2 rings (SSSR count). The third-order valence-electron chi connectivity index (χ3n) is 10.1. The first-order valence-electron chi connectivity index (χ1n) is 20.3. The third kappa shape index (κ3) is 18.4. The molecule has 0 radical (unpaired) electrons. The summed E-state index contributed by atoms with van der Waals surface area (Å²) in [4.78, 5) is 25.4. The van der Waals surface area contributed by atoms with Crippen LogP contribution in [0.1, 0.15) is 116 Å². The van der Waals surface area contributed by atoms with E-state index in [1.807, 2.05) is 33.0 Å². The fourth-order valence-electron chi connectivity index (χ4n) is 7.26. The van der Waals surface area contributed by atoms with E-state index in [9.17, 15) is 4.79 Å². The monoisotopic (exact) mass is 758 g/mol. The zero-order chi connectivity index (χ0) is 42.2. The van der Waals surface area contributed by atoms with Crippen molar-refractivity contribution in [1.29, 1.82) is 0 Å². The van der Waals surface area contributed by atoms with Crippen LogP contribution in [0, 0.1) is 5.41 Å². The molecule has 1 saturated heterocycles. The van der Waals surface area contributed by atoms with E-state index in [0.717, 1.165) is 76.7 Å². The van der Waals surface area contributed by atoms with E-state index in [1.165, 1.54) is 39.1 Å². The molecule has 7 heteroatoms. The highest BCUT2D eigenvalue weighted by Crippen LogP contribution is 2.31. The zero-order valence-corrected chi connectivity index (χ0v) is 36.9. The summed E-state index contributed by atoms with van der Waals surface area (Å²) in [6.07, 6.45) is 20.9. The van der Waals surface area contributed by atoms with E-state index < -0.39 is 0 Å². The molecule has 1 fully saturated rings. The number of amides is 1. The number of likely N-dealkylation sites (N-methyl/N-ethyl adjacent to an activating group) is 1. The summed E-state index contributed by atoms with van der Waals surface area (Å²) in [5.74, 6) is 0.132. The number of rotatable bonds is 21. The molecule has 1 heterocycles. The Morgan fingerprint density at radius 2 is 1.62 bits per heavy atom. The van der Waals surface area contributed by atoms with Gasteiger partial charge in [0, 0.05) is 74.9 Å². The molecule has 0 spiro atoms. The fourth-order valence-corrected chi connectivity index (χ4v) is 7.26. The van der Waals surface area contributed by atoms with Crippen molar-refractivity contribution in [2.45, 2.75) is 125 Å². The summed E-state index contributed by atoms with van der Waals surface area (Å²) in [5, 5.41) is 9.58. The van der Waals surface area contributed by atoms with Crippen LogP contribution in [0.4, 0.5) is 0 Å². The van der Waals surface area contributed by atoms with Crippen molar-refractivity contribution in [3.63, 3.8) is 0 Å². The maximum absolute atomic E-state index is 12.8. The number of nitrogens with zero attached hydrogens (tertiary/aromatic N) is 2. The van der Waals surface area contributed by atoms with Gasteiger partial charge in [0.05, 0.1) is 0 Å². The average Bonchev–Trinajstić information content (AvgIpc) is 3.15. The number of carbonyl (C=O) groups is 2. The maximum atomic E-state index is 12.8. The number of nitrogens with one attached hydrogen (secondary N) is 3. The SMILES string of the molecule is C=CC(C)(C)CC(C)(C)NC(=O)CCCc1c(CC)cc(C(=C/NC)/C(/C=C\CC)=C\C)cc1CC.C=CC(CCC(=C)NC)N1CCN(C)CC1=C.C=O. The molecule has 1 aliphatic heterocycles. The van der Waals surface area contributed by atoms with Crippen molar-refractivity contribution >= 4 is 18.3 Å². The van der Waals surface area contributed by atoms with E-state index in [1.54, 1.807) is 0 Å². The Morgan fingerprint density at radius 1 is 1.00 bits per heavy atom. The van der Waals surface area contributed by atoms with Crippen LogP contribution in [0.25, 0.3) is 5.57 Å². The number of carbonyl (C=O) groups excluding carboxylic acids is 2. The van der Waals surface area contributed by atoms with Crippen LogP contribution >= 0.6 is 0 Å². The zero-order valence-electron chi connectivity index (χ0n) is 36.9. The average molecular weight is 758 g/mol. The van der Waals surface area contributed by atoms with Crippen molar-refractivity contribution < 1.29 is 9.59 Å². The first kappa shape index (κ1) is 50.9. The van der Waals surface area contributed by atoms with Gasteiger partial charge in [0.1, 0.15) is 6.79 Å². The fraction of sp³-hybridized carbons (Fsp3) is 0.542. The van der Waals surface area contributed by atoms with Gasteiger partial charge in [0.2, 0.25) is 5.91 Å². The smallest absolute Gasteiger partial charge is 0.220 e. The molecule has 0 bridgehead atoms. The second-order valence-corrected chi connectivity index (χ2v) is 15.7. The van der Waals surface area contributed by atoms with Gasteiger partial charge in [-0.2, -0.15) is 0 Å². The molecule has 0 aromatic heterocycles. The first-order valence-corrected chi connectivity index (χ1v) is 20.3. The van der Waals surface area contributed by atoms with Crippen molar-refractivity contribution in [2.75, 3.05) is 40.8 Å². The lowest BCUT2D eigenvalue weighted by molar-refractivity contribution is -0.123. The van der Waals surface area contributed by atoms with Gasteiger partial charge in [0.25, 0.3) is 0 Å². The highest BCUT2D eigenvalue weighted by atomic mass is 16.1. The van der Waals surface area contributed by atoms with Gasteiger partial charge in [0.15, 0.2) is 0 Å². The lowest BCUT2D eigenvalue weighted by Crippen LogP contribution is -2.46. The second kappa shape index (κ2) is 26.7. The molecule has 1 aromatic carbocycles. The normalized spacial score (nSPS) is 14.6. The Bertz CT molecular complexity index is 1440. The van der Waals surface area contributed by atoms with Crippen LogP contribution in [0.2, 0.25) is 0 Å². The van der Waals surface area contributed by atoms with Gasteiger partial charge in [-0.3, -0.25) is 9.69 Å². The summed E-state index contributed by atoms with van der Waals surface area (Å²) in [5.41, 5.74) is 9.88. The highest BCUT2D eigenvalue weighted by Gasteiger charge is 2.28. The largest absolute Gasteiger partial charge is 0.393 e. The third-order valence-corrected chi connectivity index (χ3v) is 10.1. The minimum absolute atomic E-state index is 0.00959. The predicted molar refractivity (Wildman–Crippen MR) is 241 cm³/mol.